The van der Waals surface area contributed by atoms with E-state index in [9.17, 15) is 18.0 Å². The number of amides is 2. The first-order chi connectivity index (χ1) is 18.8. The lowest BCUT2D eigenvalue weighted by molar-refractivity contribution is -0.139. The predicted octanol–water partition coefficient (Wildman–Crippen LogP) is 6.25. The van der Waals surface area contributed by atoms with Crippen molar-refractivity contribution in [3.8, 4) is 0 Å². The Morgan fingerprint density at radius 3 is 2.20 bits per heavy atom. The molecule has 0 spiro atoms. The van der Waals surface area contributed by atoms with Gasteiger partial charge in [-0.3, -0.25) is 13.9 Å². The number of benzene rings is 3. The van der Waals surface area contributed by atoms with E-state index >= 15 is 0 Å². The van der Waals surface area contributed by atoms with Crippen molar-refractivity contribution in [1.82, 2.24) is 10.2 Å². The Bertz CT molecular complexity index is 1450. The van der Waals surface area contributed by atoms with Gasteiger partial charge in [0.05, 0.1) is 10.6 Å². The lowest BCUT2D eigenvalue weighted by Crippen LogP contribution is -2.52. The quantitative estimate of drug-likeness (QED) is 0.267. The van der Waals surface area contributed by atoms with Gasteiger partial charge in [-0.2, -0.15) is 0 Å². The molecule has 0 fully saturated rings. The van der Waals surface area contributed by atoms with E-state index in [1.807, 2.05) is 45.0 Å². The van der Waals surface area contributed by atoms with Crippen molar-refractivity contribution in [1.29, 1.82) is 0 Å². The molecule has 3 aromatic rings. The van der Waals surface area contributed by atoms with Crippen LogP contribution in [-0.4, -0.2) is 43.8 Å². The maximum Gasteiger partial charge on any atom is 0.264 e. The fourth-order valence-electron chi connectivity index (χ4n) is 4.04. The van der Waals surface area contributed by atoms with E-state index in [4.69, 9.17) is 11.6 Å². The number of halogens is 2. The van der Waals surface area contributed by atoms with Gasteiger partial charge in [-0.1, -0.05) is 70.3 Å². The van der Waals surface area contributed by atoms with Crippen LogP contribution in [0.15, 0.2) is 76.1 Å². The van der Waals surface area contributed by atoms with Gasteiger partial charge in [0, 0.05) is 22.1 Å². The van der Waals surface area contributed by atoms with Gasteiger partial charge in [-0.05, 0) is 81.6 Å². The molecule has 7 nitrogen and oxygen atoms in total. The highest BCUT2D eigenvalue weighted by atomic mass is 79.9. The molecule has 214 valence electrons. The molecule has 0 saturated carbocycles. The molecule has 10 heteroatoms. The second-order valence-corrected chi connectivity index (χ2v) is 13.1. The molecule has 0 aromatic heterocycles. The third kappa shape index (κ3) is 7.86. The van der Waals surface area contributed by atoms with Crippen LogP contribution in [0, 0.1) is 13.8 Å². The molecule has 3 rings (SSSR count). The van der Waals surface area contributed by atoms with Gasteiger partial charge in [0.25, 0.3) is 10.0 Å². The first-order valence-corrected chi connectivity index (χ1v) is 15.6. The summed E-state index contributed by atoms with van der Waals surface area (Å²) >= 11 is 9.70. The Kier molecular flexibility index (Phi) is 10.8. The molecule has 2 atom stereocenters. The van der Waals surface area contributed by atoms with Crippen LogP contribution in [0.1, 0.15) is 43.9 Å². The second kappa shape index (κ2) is 13.7. The summed E-state index contributed by atoms with van der Waals surface area (Å²) in [4.78, 5) is 28.6. The van der Waals surface area contributed by atoms with Gasteiger partial charge in [0.15, 0.2) is 0 Å². The highest BCUT2D eigenvalue weighted by molar-refractivity contribution is 9.10. The number of anilines is 1. The summed E-state index contributed by atoms with van der Waals surface area (Å²) < 4.78 is 29.9. The van der Waals surface area contributed by atoms with Crippen LogP contribution in [-0.2, 0) is 26.2 Å². The third-order valence-corrected chi connectivity index (χ3v) is 9.30. The summed E-state index contributed by atoms with van der Waals surface area (Å²) in [5.74, 6) is -0.837. The minimum absolute atomic E-state index is 0.0484. The summed E-state index contributed by atoms with van der Waals surface area (Å²) in [7, 11) is -4.17. The van der Waals surface area contributed by atoms with Crippen LogP contribution in [0.2, 0.25) is 5.02 Å². The van der Waals surface area contributed by atoms with E-state index in [0.717, 1.165) is 26.3 Å². The molecule has 1 N–H and O–H groups in total. The number of aryl methyl sites for hydroxylation is 2. The van der Waals surface area contributed by atoms with Crippen LogP contribution in [0.25, 0.3) is 0 Å². The Labute approximate surface area is 250 Å². The first-order valence-electron chi connectivity index (χ1n) is 13.0. The average Bonchev–Trinajstić information content (AvgIpc) is 2.92. The number of hydrogen-bond donors (Lipinski definition) is 1. The molecule has 0 aliphatic heterocycles. The van der Waals surface area contributed by atoms with Gasteiger partial charge >= 0.3 is 0 Å². The van der Waals surface area contributed by atoms with Gasteiger partial charge in [-0.15, -0.1) is 0 Å². The second-order valence-electron chi connectivity index (χ2n) is 9.90. The maximum atomic E-state index is 14.0. The number of carbonyl (C=O) groups excluding carboxylic acids is 2. The zero-order valence-electron chi connectivity index (χ0n) is 23.3. The van der Waals surface area contributed by atoms with Crippen LogP contribution in [0.5, 0.6) is 0 Å². The molecule has 0 heterocycles. The summed E-state index contributed by atoms with van der Waals surface area (Å²) in [5.41, 5.74) is 2.63. The highest BCUT2D eigenvalue weighted by Crippen LogP contribution is 2.30. The van der Waals surface area contributed by atoms with Crippen molar-refractivity contribution in [2.45, 2.75) is 64.6 Å². The lowest BCUT2D eigenvalue weighted by Gasteiger charge is -2.33. The van der Waals surface area contributed by atoms with E-state index in [1.165, 1.54) is 23.1 Å². The summed E-state index contributed by atoms with van der Waals surface area (Å²) in [6, 6.07) is 17.8. The molecular weight excluding hydrogens is 614 g/mol. The predicted molar refractivity (Wildman–Crippen MR) is 164 cm³/mol. The fourth-order valence-corrected chi connectivity index (χ4v) is 5.94. The fraction of sp³-hybridized carbons (Fsp3) is 0.333. The largest absolute Gasteiger partial charge is 0.352 e. The first kappa shape index (κ1) is 31.6. The lowest BCUT2D eigenvalue weighted by atomic mass is 10.1. The number of nitrogens with zero attached hydrogens (tertiary/aromatic N) is 2. The van der Waals surface area contributed by atoms with Crippen LogP contribution < -0.4 is 9.62 Å². The van der Waals surface area contributed by atoms with Crippen molar-refractivity contribution in [2.75, 3.05) is 10.8 Å². The smallest absolute Gasteiger partial charge is 0.264 e. The zero-order valence-corrected chi connectivity index (χ0v) is 26.5. The van der Waals surface area contributed by atoms with E-state index in [1.54, 1.807) is 38.1 Å². The van der Waals surface area contributed by atoms with Crippen LogP contribution in [0.4, 0.5) is 5.69 Å². The highest BCUT2D eigenvalue weighted by Gasteiger charge is 2.33. The molecule has 0 radical (unpaired) electrons. The Balaban J connectivity index is 2.06. The summed E-state index contributed by atoms with van der Waals surface area (Å²) in [5, 5.41) is 3.27. The van der Waals surface area contributed by atoms with Crippen LogP contribution >= 0.6 is 27.5 Å². The van der Waals surface area contributed by atoms with Crippen molar-refractivity contribution >= 4 is 55.1 Å². The van der Waals surface area contributed by atoms with E-state index in [-0.39, 0.29) is 23.4 Å². The van der Waals surface area contributed by atoms with Gasteiger partial charge < -0.3 is 10.2 Å². The van der Waals surface area contributed by atoms with E-state index < -0.39 is 28.5 Å². The third-order valence-electron chi connectivity index (χ3n) is 6.76. The minimum Gasteiger partial charge on any atom is -0.352 e. The molecule has 0 aliphatic rings. The average molecular weight is 649 g/mol. The topological polar surface area (TPSA) is 86.8 Å². The standard InChI is InChI=1S/C30H35BrClN3O4S/c1-6-22(4)33-30(37)23(5)34(18-24-10-12-25(31)13-11-24)29(36)19-35(28-17-26(32)14-9-21(28)3)40(38,39)27-15-7-20(2)8-16-27/h7-17,22-23H,6,18-19H2,1-5H3,(H,33,37)/t22-,23+/m0/s1. The zero-order chi connectivity index (χ0) is 29.6. The number of rotatable bonds is 11. The van der Waals surface area contributed by atoms with Crippen molar-refractivity contribution < 1.29 is 18.0 Å². The van der Waals surface area contributed by atoms with Gasteiger partial charge in [0.2, 0.25) is 11.8 Å². The number of nitrogens with one attached hydrogen (secondary N) is 1. The molecule has 2 amide bonds. The molecule has 0 unspecified atom stereocenters. The van der Waals surface area contributed by atoms with Crippen molar-refractivity contribution in [2.24, 2.45) is 0 Å². The SMILES string of the molecule is CC[C@H](C)NC(=O)[C@@H](C)N(Cc1ccc(Br)cc1)C(=O)CN(c1cc(Cl)ccc1C)S(=O)(=O)c1ccc(C)cc1. The molecule has 3 aromatic carbocycles. The van der Waals surface area contributed by atoms with Gasteiger partial charge in [0.1, 0.15) is 12.6 Å². The van der Waals surface area contributed by atoms with Gasteiger partial charge in [-0.25, -0.2) is 8.42 Å². The van der Waals surface area contributed by atoms with Crippen LogP contribution in [0.3, 0.4) is 0 Å². The minimum atomic E-state index is -4.17. The number of sulfonamides is 1. The van der Waals surface area contributed by atoms with E-state index in [0.29, 0.717) is 16.3 Å². The molecule has 40 heavy (non-hydrogen) atoms. The van der Waals surface area contributed by atoms with Crippen molar-refractivity contribution in [3.05, 3.63) is 92.9 Å². The van der Waals surface area contributed by atoms with E-state index in [2.05, 4.69) is 21.2 Å². The normalized spacial score (nSPS) is 12.9. The number of hydrogen-bond acceptors (Lipinski definition) is 4. The molecule has 0 saturated heterocycles. The summed E-state index contributed by atoms with van der Waals surface area (Å²) in [6.45, 7) is 8.73. The molecular formula is C30H35BrClN3O4S. The Morgan fingerprint density at radius 2 is 1.60 bits per heavy atom. The summed E-state index contributed by atoms with van der Waals surface area (Å²) in [6.07, 6.45) is 0.732. The molecule has 0 aliphatic carbocycles. The van der Waals surface area contributed by atoms with Crippen molar-refractivity contribution in [3.63, 3.8) is 0 Å². The monoisotopic (exact) mass is 647 g/mol. The Hall–Kier alpha value is -2.88. The maximum absolute atomic E-state index is 14.0. The molecule has 0 bridgehead atoms. The Morgan fingerprint density at radius 1 is 0.975 bits per heavy atom. The number of carbonyl (C=O) groups is 2.